The maximum atomic E-state index is 12.0. The van der Waals surface area contributed by atoms with Gasteiger partial charge in [-0.3, -0.25) is 4.79 Å². The number of nitriles is 1. The van der Waals surface area contributed by atoms with E-state index in [2.05, 4.69) is 6.07 Å². The maximum Gasteiger partial charge on any atom is 0.223 e. The van der Waals surface area contributed by atoms with Crippen molar-refractivity contribution in [1.82, 2.24) is 4.90 Å². The van der Waals surface area contributed by atoms with E-state index in [0.717, 1.165) is 30.7 Å². The Bertz CT molecular complexity index is 415. The molecule has 5 rings (SSSR count). The summed E-state index contributed by atoms with van der Waals surface area (Å²) >= 11 is 0. The number of rotatable bonds is 2. The van der Waals surface area contributed by atoms with Crippen LogP contribution in [0.1, 0.15) is 51.4 Å². The molecule has 0 radical (unpaired) electrons. The standard InChI is InChI=1S/C16H22N2O/c17-9-14-1-2-15(19)18(14)10-16-6-11-3-12(7-16)5-13(4-11)8-16/h11-14H,1-8,10H2. The SMILES string of the molecule is N#CC1CCC(=O)N1CC12CC3CC(CC(C3)C1)C2. The van der Waals surface area contributed by atoms with Gasteiger partial charge in [-0.05, 0) is 68.1 Å². The lowest BCUT2D eigenvalue weighted by Gasteiger charge is -2.57. The fourth-order valence-corrected chi connectivity index (χ4v) is 5.91. The molecule has 0 N–H and O–H groups in total. The molecule has 19 heavy (non-hydrogen) atoms. The minimum atomic E-state index is -0.138. The number of carbonyl (C=O) groups is 1. The molecule has 4 saturated carbocycles. The van der Waals surface area contributed by atoms with Gasteiger partial charge in [0.05, 0.1) is 6.07 Å². The molecule has 1 aliphatic heterocycles. The molecule has 5 aliphatic rings. The molecule has 0 aromatic heterocycles. The third kappa shape index (κ3) is 1.80. The Hall–Kier alpha value is -1.04. The Balaban J connectivity index is 1.56. The zero-order valence-electron chi connectivity index (χ0n) is 11.5. The molecule has 4 aliphatic carbocycles. The van der Waals surface area contributed by atoms with Gasteiger partial charge in [0.2, 0.25) is 5.91 Å². The molecule has 5 fully saturated rings. The van der Waals surface area contributed by atoms with E-state index in [0.29, 0.717) is 11.8 Å². The highest BCUT2D eigenvalue weighted by molar-refractivity contribution is 5.79. The first-order valence-corrected chi connectivity index (χ1v) is 7.86. The monoisotopic (exact) mass is 258 g/mol. The molecular formula is C16H22N2O. The van der Waals surface area contributed by atoms with E-state index < -0.39 is 0 Å². The molecular weight excluding hydrogens is 236 g/mol. The summed E-state index contributed by atoms with van der Waals surface area (Å²) < 4.78 is 0. The third-order valence-corrected chi connectivity index (χ3v) is 6.15. The van der Waals surface area contributed by atoms with Crippen molar-refractivity contribution in [3.05, 3.63) is 0 Å². The smallest absolute Gasteiger partial charge is 0.223 e. The highest BCUT2D eigenvalue weighted by Crippen LogP contribution is 2.60. The summed E-state index contributed by atoms with van der Waals surface area (Å²) in [6.07, 6.45) is 9.62. The zero-order valence-corrected chi connectivity index (χ0v) is 11.5. The second kappa shape index (κ2) is 3.98. The summed E-state index contributed by atoms with van der Waals surface area (Å²) in [5.41, 5.74) is 0.379. The minimum Gasteiger partial charge on any atom is -0.326 e. The van der Waals surface area contributed by atoms with E-state index in [9.17, 15) is 10.1 Å². The summed E-state index contributed by atoms with van der Waals surface area (Å²) in [5.74, 6) is 2.99. The van der Waals surface area contributed by atoms with E-state index in [1.807, 2.05) is 4.90 Å². The van der Waals surface area contributed by atoms with E-state index in [4.69, 9.17) is 0 Å². The normalized spacial score (nSPS) is 47.7. The molecule has 3 heteroatoms. The van der Waals surface area contributed by atoms with Gasteiger partial charge in [-0.25, -0.2) is 0 Å². The molecule has 0 aromatic rings. The number of hydrogen-bond acceptors (Lipinski definition) is 2. The van der Waals surface area contributed by atoms with Gasteiger partial charge in [0, 0.05) is 13.0 Å². The van der Waals surface area contributed by atoms with Gasteiger partial charge in [-0.15, -0.1) is 0 Å². The first-order valence-electron chi connectivity index (χ1n) is 7.86. The molecule has 4 bridgehead atoms. The minimum absolute atomic E-state index is 0.138. The second-order valence-electron chi connectivity index (χ2n) is 7.62. The van der Waals surface area contributed by atoms with Crippen molar-refractivity contribution in [3.63, 3.8) is 0 Å². The highest BCUT2D eigenvalue weighted by atomic mass is 16.2. The van der Waals surface area contributed by atoms with Crippen molar-refractivity contribution in [2.24, 2.45) is 23.2 Å². The summed E-state index contributed by atoms with van der Waals surface area (Å²) in [6, 6.07) is 2.19. The number of likely N-dealkylation sites (tertiary alicyclic amines) is 1. The van der Waals surface area contributed by atoms with Crippen LogP contribution in [0.25, 0.3) is 0 Å². The lowest BCUT2D eigenvalue weighted by molar-refractivity contribution is -0.134. The highest BCUT2D eigenvalue weighted by Gasteiger charge is 2.52. The van der Waals surface area contributed by atoms with Crippen LogP contribution in [0.5, 0.6) is 0 Å². The van der Waals surface area contributed by atoms with Gasteiger partial charge in [0.25, 0.3) is 0 Å². The molecule has 1 heterocycles. The molecule has 3 nitrogen and oxygen atoms in total. The van der Waals surface area contributed by atoms with E-state index >= 15 is 0 Å². The van der Waals surface area contributed by atoms with Crippen LogP contribution in [0.15, 0.2) is 0 Å². The molecule has 0 aromatic carbocycles. The lowest BCUT2D eigenvalue weighted by atomic mass is 9.49. The van der Waals surface area contributed by atoms with E-state index in [1.165, 1.54) is 38.5 Å². The quantitative estimate of drug-likeness (QED) is 0.764. The number of nitrogens with zero attached hydrogens (tertiary/aromatic N) is 2. The molecule has 102 valence electrons. The summed E-state index contributed by atoms with van der Waals surface area (Å²) in [5, 5.41) is 9.22. The first-order chi connectivity index (χ1) is 9.17. The number of hydrogen-bond donors (Lipinski definition) is 0. The Labute approximate surface area is 115 Å². The van der Waals surface area contributed by atoms with Gasteiger partial charge in [0.1, 0.15) is 6.04 Å². The van der Waals surface area contributed by atoms with Crippen LogP contribution >= 0.6 is 0 Å². The van der Waals surface area contributed by atoms with Crippen LogP contribution in [0, 0.1) is 34.5 Å². The van der Waals surface area contributed by atoms with E-state index in [1.54, 1.807) is 0 Å². The maximum absolute atomic E-state index is 12.0. The zero-order chi connectivity index (χ0) is 13.0. The number of amides is 1. The van der Waals surface area contributed by atoms with Crippen molar-refractivity contribution in [1.29, 1.82) is 5.26 Å². The average Bonchev–Trinajstić information content (AvgIpc) is 2.68. The van der Waals surface area contributed by atoms with Crippen LogP contribution < -0.4 is 0 Å². The number of carbonyl (C=O) groups excluding carboxylic acids is 1. The van der Waals surface area contributed by atoms with Crippen molar-refractivity contribution in [2.45, 2.75) is 57.4 Å². The molecule has 1 saturated heterocycles. The van der Waals surface area contributed by atoms with Crippen molar-refractivity contribution in [2.75, 3.05) is 6.54 Å². The van der Waals surface area contributed by atoms with Crippen LogP contribution in [0.4, 0.5) is 0 Å². The largest absolute Gasteiger partial charge is 0.326 e. The third-order valence-electron chi connectivity index (χ3n) is 6.15. The van der Waals surface area contributed by atoms with Crippen LogP contribution in [-0.2, 0) is 4.79 Å². The topological polar surface area (TPSA) is 44.1 Å². The van der Waals surface area contributed by atoms with Crippen molar-refractivity contribution >= 4 is 5.91 Å². The van der Waals surface area contributed by atoms with Crippen molar-refractivity contribution in [3.8, 4) is 6.07 Å². The van der Waals surface area contributed by atoms with Crippen LogP contribution in [-0.4, -0.2) is 23.4 Å². The fraction of sp³-hybridized carbons (Fsp3) is 0.875. The fourth-order valence-electron chi connectivity index (χ4n) is 5.91. The first kappa shape index (κ1) is 11.8. The Morgan fingerprint density at radius 3 is 2.26 bits per heavy atom. The van der Waals surface area contributed by atoms with Gasteiger partial charge in [-0.1, -0.05) is 0 Å². The predicted octanol–water partition coefficient (Wildman–Crippen LogP) is 2.72. The molecule has 0 spiro atoms. The lowest BCUT2D eigenvalue weighted by Crippen LogP contribution is -2.52. The average molecular weight is 258 g/mol. The Morgan fingerprint density at radius 1 is 1.16 bits per heavy atom. The van der Waals surface area contributed by atoms with Crippen molar-refractivity contribution < 1.29 is 4.79 Å². The summed E-state index contributed by atoms with van der Waals surface area (Å²) in [7, 11) is 0. The van der Waals surface area contributed by atoms with Gasteiger partial charge < -0.3 is 4.90 Å². The summed E-state index contributed by atoms with van der Waals surface area (Å²) in [4.78, 5) is 14.0. The Kier molecular flexibility index (Phi) is 2.46. The van der Waals surface area contributed by atoms with E-state index in [-0.39, 0.29) is 11.9 Å². The Morgan fingerprint density at radius 2 is 1.74 bits per heavy atom. The van der Waals surface area contributed by atoms with Gasteiger partial charge in [0.15, 0.2) is 0 Å². The van der Waals surface area contributed by atoms with Crippen LogP contribution in [0.3, 0.4) is 0 Å². The molecule has 1 amide bonds. The summed E-state index contributed by atoms with van der Waals surface area (Å²) in [6.45, 7) is 0.882. The van der Waals surface area contributed by atoms with Gasteiger partial charge in [-0.2, -0.15) is 5.26 Å². The van der Waals surface area contributed by atoms with Gasteiger partial charge >= 0.3 is 0 Å². The molecule has 1 unspecified atom stereocenters. The molecule has 1 atom stereocenters. The predicted molar refractivity (Wildman–Crippen MR) is 71.0 cm³/mol. The second-order valence-corrected chi connectivity index (χ2v) is 7.62. The van der Waals surface area contributed by atoms with Crippen LogP contribution in [0.2, 0.25) is 0 Å².